The lowest BCUT2D eigenvalue weighted by molar-refractivity contribution is -0.207. The fourth-order valence-electron chi connectivity index (χ4n) is 2.18. The zero-order chi connectivity index (χ0) is 13.7. The molecular weight excluding hydrogens is 254 g/mol. The van der Waals surface area contributed by atoms with Gasteiger partial charge in [-0.05, 0) is 12.5 Å². The number of para-hydroxylation sites is 1. The second kappa shape index (κ2) is 6.82. The Bertz CT molecular complexity index is 390. The van der Waals surface area contributed by atoms with Crippen LogP contribution in [-0.4, -0.2) is 19.8 Å². The number of alkyl halides is 2. The van der Waals surface area contributed by atoms with E-state index < -0.39 is 12.9 Å². The molecular formula is C14H18F2O3. The Kier molecular flexibility index (Phi) is 5.10. The van der Waals surface area contributed by atoms with Crippen molar-refractivity contribution >= 4 is 0 Å². The van der Waals surface area contributed by atoms with Gasteiger partial charge in [0, 0.05) is 11.5 Å². The second-order valence-electron chi connectivity index (χ2n) is 4.57. The molecule has 19 heavy (non-hydrogen) atoms. The number of ether oxygens (including phenoxy) is 3. The Labute approximate surface area is 111 Å². The van der Waals surface area contributed by atoms with Crippen molar-refractivity contribution in [3.8, 4) is 5.75 Å². The van der Waals surface area contributed by atoms with Crippen molar-refractivity contribution < 1.29 is 23.0 Å². The van der Waals surface area contributed by atoms with Gasteiger partial charge >= 0.3 is 6.61 Å². The SMILES string of the molecule is CCCC1COC(c2ccccc2OC(F)F)OC1. The lowest BCUT2D eigenvalue weighted by atomic mass is 10.1. The third kappa shape index (κ3) is 3.88. The maximum absolute atomic E-state index is 12.3. The minimum absolute atomic E-state index is 0.108. The molecule has 0 aliphatic carbocycles. The highest BCUT2D eigenvalue weighted by atomic mass is 19.3. The topological polar surface area (TPSA) is 27.7 Å². The van der Waals surface area contributed by atoms with E-state index in [0.717, 1.165) is 12.8 Å². The quantitative estimate of drug-likeness (QED) is 0.817. The first-order valence-electron chi connectivity index (χ1n) is 6.47. The Morgan fingerprint density at radius 2 is 1.95 bits per heavy atom. The fraction of sp³-hybridized carbons (Fsp3) is 0.571. The summed E-state index contributed by atoms with van der Waals surface area (Å²) in [6, 6.07) is 6.57. The summed E-state index contributed by atoms with van der Waals surface area (Å²) in [5, 5.41) is 0. The van der Waals surface area contributed by atoms with Gasteiger partial charge < -0.3 is 14.2 Å². The van der Waals surface area contributed by atoms with E-state index in [4.69, 9.17) is 9.47 Å². The number of rotatable bonds is 5. The lowest BCUT2D eigenvalue weighted by Crippen LogP contribution is -2.27. The van der Waals surface area contributed by atoms with Crippen molar-refractivity contribution in [2.45, 2.75) is 32.7 Å². The van der Waals surface area contributed by atoms with Gasteiger partial charge in [0.2, 0.25) is 0 Å². The highest BCUT2D eigenvalue weighted by Crippen LogP contribution is 2.33. The summed E-state index contributed by atoms with van der Waals surface area (Å²) in [4.78, 5) is 0. The molecule has 0 unspecified atom stereocenters. The van der Waals surface area contributed by atoms with E-state index in [2.05, 4.69) is 11.7 Å². The summed E-state index contributed by atoms with van der Waals surface area (Å²) in [5.41, 5.74) is 0.512. The normalized spacial score (nSPS) is 23.6. The van der Waals surface area contributed by atoms with Crippen LogP contribution in [0.1, 0.15) is 31.6 Å². The van der Waals surface area contributed by atoms with Crippen LogP contribution in [0.25, 0.3) is 0 Å². The van der Waals surface area contributed by atoms with Crippen molar-refractivity contribution in [2.24, 2.45) is 5.92 Å². The molecule has 1 aliphatic heterocycles. The number of halogens is 2. The molecule has 0 spiro atoms. The maximum Gasteiger partial charge on any atom is 0.387 e. The molecule has 1 aliphatic rings. The van der Waals surface area contributed by atoms with Gasteiger partial charge in [-0.2, -0.15) is 8.78 Å². The van der Waals surface area contributed by atoms with E-state index in [1.54, 1.807) is 18.2 Å². The van der Waals surface area contributed by atoms with E-state index in [9.17, 15) is 8.78 Å². The molecule has 1 aromatic carbocycles. The third-order valence-electron chi connectivity index (χ3n) is 3.05. The van der Waals surface area contributed by atoms with E-state index in [1.165, 1.54) is 6.07 Å². The van der Waals surface area contributed by atoms with Gasteiger partial charge in [-0.15, -0.1) is 0 Å². The van der Waals surface area contributed by atoms with Crippen LogP contribution in [0.4, 0.5) is 8.78 Å². The Morgan fingerprint density at radius 1 is 1.26 bits per heavy atom. The highest BCUT2D eigenvalue weighted by Gasteiger charge is 2.26. The van der Waals surface area contributed by atoms with Crippen LogP contribution in [0.15, 0.2) is 24.3 Å². The summed E-state index contributed by atoms with van der Waals surface area (Å²) < 4.78 is 40.3. The van der Waals surface area contributed by atoms with E-state index in [0.29, 0.717) is 24.7 Å². The number of hydrogen-bond acceptors (Lipinski definition) is 3. The highest BCUT2D eigenvalue weighted by molar-refractivity contribution is 5.34. The first-order valence-corrected chi connectivity index (χ1v) is 6.47. The Hall–Kier alpha value is -1.20. The van der Waals surface area contributed by atoms with Gasteiger partial charge in [-0.25, -0.2) is 0 Å². The molecule has 0 aromatic heterocycles. The zero-order valence-corrected chi connectivity index (χ0v) is 10.9. The molecule has 0 saturated carbocycles. The van der Waals surface area contributed by atoms with Crippen LogP contribution in [-0.2, 0) is 9.47 Å². The zero-order valence-electron chi connectivity index (χ0n) is 10.9. The van der Waals surface area contributed by atoms with Crippen molar-refractivity contribution in [2.75, 3.05) is 13.2 Å². The molecule has 1 saturated heterocycles. The average molecular weight is 272 g/mol. The summed E-state index contributed by atoms with van der Waals surface area (Å²) in [6.07, 6.45) is 1.50. The predicted molar refractivity (Wildman–Crippen MR) is 66.1 cm³/mol. The molecule has 1 aromatic rings. The van der Waals surface area contributed by atoms with Gasteiger partial charge in [0.15, 0.2) is 6.29 Å². The standard InChI is InChI=1S/C14H18F2O3/c1-2-5-10-8-17-13(18-9-10)11-6-3-4-7-12(11)19-14(15)16/h3-4,6-7,10,13-14H,2,5,8-9H2,1H3. The predicted octanol–water partition coefficient (Wildman–Crippen LogP) is 3.75. The molecule has 0 amide bonds. The summed E-state index contributed by atoms with van der Waals surface area (Å²) in [7, 11) is 0. The summed E-state index contributed by atoms with van der Waals surface area (Å²) in [5.74, 6) is 0.487. The lowest BCUT2D eigenvalue weighted by Gasteiger charge is -2.30. The van der Waals surface area contributed by atoms with Crippen molar-refractivity contribution in [1.82, 2.24) is 0 Å². The number of hydrogen-bond donors (Lipinski definition) is 0. The Balaban J connectivity index is 2.02. The maximum atomic E-state index is 12.3. The fourth-order valence-corrected chi connectivity index (χ4v) is 2.18. The summed E-state index contributed by atoms with van der Waals surface area (Å²) >= 11 is 0. The molecule has 0 bridgehead atoms. The van der Waals surface area contributed by atoms with Crippen molar-refractivity contribution in [3.05, 3.63) is 29.8 Å². The van der Waals surface area contributed by atoms with Crippen LogP contribution in [0.3, 0.4) is 0 Å². The van der Waals surface area contributed by atoms with E-state index in [-0.39, 0.29) is 5.75 Å². The Morgan fingerprint density at radius 3 is 2.58 bits per heavy atom. The molecule has 5 heteroatoms. The van der Waals surface area contributed by atoms with Crippen LogP contribution in [0, 0.1) is 5.92 Å². The van der Waals surface area contributed by atoms with Crippen LogP contribution < -0.4 is 4.74 Å². The third-order valence-corrected chi connectivity index (χ3v) is 3.05. The van der Waals surface area contributed by atoms with Crippen LogP contribution in [0.5, 0.6) is 5.75 Å². The second-order valence-corrected chi connectivity index (χ2v) is 4.57. The van der Waals surface area contributed by atoms with Gasteiger partial charge in [0.05, 0.1) is 13.2 Å². The first kappa shape index (κ1) is 14.2. The molecule has 1 heterocycles. The van der Waals surface area contributed by atoms with Crippen molar-refractivity contribution in [3.63, 3.8) is 0 Å². The minimum Gasteiger partial charge on any atom is -0.434 e. The van der Waals surface area contributed by atoms with Gasteiger partial charge in [0.1, 0.15) is 5.75 Å². The van der Waals surface area contributed by atoms with Crippen LogP contribution >= 0.6 is 0 Å². The molecule has 106 valence electrons. The van der Waals surface area contributed by atoms with E-state index >= 15 is 0 Å². The molecule has 0 atom stereocenters. The molecule has 0 N–H and O–H groups in total. The monoisotopic (exact) mass is 272 g/mol. The number of benzene rings is 1. The van der Waals surface area contributed by atoms with Crippen LogP contribution in [0.2, 0.25) is 0 Å². The molecule has 1 fully saturated rings. The van der Waals surface area contributed by atoms with E-state index in [1.807, 2.05) is 0 Å². The molecule has 2 rings (SSSR count). The van der Waals surface area contributed by atoms with Crippen molar-refractivity contribution in [1.29, 1.82) is 0 Å². The molecule has 0 radical (unpaired) electrons. The van der Waals surface area contributed by atoms with Gasteiger partial charge in [-0.1, -0.05) is 31.5 Å². The van der Waals surface area contributed by atoms with Gasteiger partial charge in [-0.3, -0.25) is 0 Å². The largest absolute Gasteiger partial charge is 0.434 e. The first-order chi connectivity index (χ1) is 9.20. The average Bonchev–Trinajstić information content (AvgIpc) is 2.40. The smallest absolute Gasteiger partial charge is 0.387 e. The summed E-state index contributed by atoms with van der Waals surface area (Å²) in [6.45, 7) is 0.429. The van der Waals surface area contributed by atoms with Gasteiger partial charge in [0.25, 0.3) is 0 Å². The minimum atomic E-state index is -2.85. The molecule has 3 nitrogen and oxygen atoms in total.